The maximum absolute atomic E-state index is 4.85. The summed E-state index contributed by atoms with van der Waals surface area (Å²) in [5.41, 5.74) is 2.72. The average Bonchev–Trinajstić information content (AvgIpc) is 3.20. The molecule has 0 aromatic carbocycles. The van der Waals surface area contributed by atoms with Gasteiger partial charge in [-0.3, -0.25) is 0 Å². The average molecular weight is 289 g/mol. The van der Waals surface area contributed by atoms with Crippen molar-refractivity contribution in [3.63, 3.8) is 0 Å². The molecule has 1 aliphatic rings. The highest BCUT2D eigenvalue weighted by atomic mass is 15.2. The number of nitrogens with one attached hydrogen (secondary N) is 1. The third-order valence-electron chi connectivity index (χ3n) is 3.87. The molecular formula is C18H31N3. The highest BCUT2D eigenvalue weighted by Crippen LogP contribution is 2.30. The molecule has 0 unspecified atom stereocenters. The zero-order chi connectivity index (χ0) is 15.5. The SMILES string of the molecule is CCCc1cc(CNC(C)(C)C)cc(N(C)CC2CC2)n1. The van der Waals surface area contributed by atoms with Crippen LogP contribution in [-0.2, 0) is 13.0 Å². The van der Waals surface area contributed by atoms with Gasteiger partial charge in [0.2, 0.25) is 0 Å². The van der Waals surface area contributed by atoms with Crippen LogP contribution in [0, 0.1) is 5.92 Å². The third-order valence-corrected chi connectivity index (χ3v) is 3.87. The zero-order valence-electron chi connectivity index (χ0n) is 14.4. The topological polar surface area (TPSA) is 28.2 Å². The van der Waals surface area contributed by atoms with Crippen LogP contribution >= 0.6 is 0 Å². The number of aromatic nitrogens is 1. The van der Waals surface area contributed by atoms with Gasteiger partial charge in [0.1, 0.15) is 5.82 Å². The van der Waals surface area contributed by atoms with E-state index in [1.165, 1.54) is 24.1 Å². The summed E-state index contributed by atoms with van der Waals surface area (Å²) in [6, 6.07) is 4.51. The molecule has 1 aromatic rings. The lowest BCUT2D eigenvalue weighted by molar-refractivity contribution is 0.424. The zero-order valence-corrected chi connectivity index (χ0v) is 14.4. The van der Waals surface area contributed by atoms with Gasteiger partial charge in [-0.15, -0.1) is 0 Å². The van der Waals surface area contributed by atoms with Crippen molar-refractivity contribution in [2.45, 2.75) is 65.5 Å². The Labute approximate surface area is 130 Å². The number of aryl methyl sites for hydroxylation is 1. The van der Waals surface area contributed by atoms with Crippen molar-refractivity contribution in [3.05, 3.63) is 23.4 Å². The predicted octanol–water partition coefficient (Wildman–Crippen LogP) is 3.77. The minimum atomic E-state index is 0.147. The Balaban J connectivity index is 2.12. The highest BCUT2D eigenvalue weighted by molar-refractivity contribution is 5.42. The van der Waals surface area contributed by atoms with E-state index >= 15 is 0 Å². The molecule has 3 heteroatoms. The van der Waals surface area contributed by atoms with E-state index in [-0.39, 0.29) is 5.54 Å². The van der Waals surface area contributed by atoms with Crippen LogP contribution in [-0.4, -0.2) is 24.1 Å². The first kappa shape index (κ1) is 16.3. The second kappa shape index (κ2) is 6.78. The van der Waals surface area contributed by atoms with E-state index in [1.807, 2.05) is 0 Å². The second-order valence-electron chi connectivity index (χ2n) is 7.50. The number of anilines is 1. The molecule has 1 N–H and O–H groups in total. The van der Waals surface area contributed by atoms with Gasteiger partial charge < -0.3 is 10.2 Å². The summed E-state index contributed by atoms with van der Waals surface area (Å²) in [4.78, 5) is 7.18. The van der Waals surface area contributed by atoms with E-state index in [0.717, 1.165) is 37.7 Å². The Bertz CT molecular complexity index is 458. The van der Waals surface area contributed by atoms with Gasteiger partial charge in [0, 0.05) is 31.4 Å². The third kappa shape index (κ3) is 5.66. The number of rotatable bonds is 7. The van der Waals surface area contributed by atoms with Crippen molar-refractivity contribution in [2.75, 3.05) is 18.5 Å². The van der Waals surface area contributed by atoms with Gasteiger partial charge in [-0.05, 0) is 63.6 Å². The van der Waals surface area contributed by atoms with Crippen LogP contribution in [0.1, 0.15) is 58.2 Å². The van der Waals surface area contributed by atoms with Crippen molar-refractivity contribution in [3.8, 4) is 0 Å². The van der Waals surface area contributed by atoms with Crippen LogP contribution in [0.4, 0.5) is 5.82 Å². The van der Waals surface area contributed by atoms with E-state index in [9.17, 15) is 0 Å². The van der Waals surface area contributed by atoms with E-state index in [0.29, 0.717) is 0 Å². The number of hydrogen-bond donors (Lipinski definition) is 1. The summed E-state index contributed by atoms with van der Waals surface area (Å²) in [5, 5.41) is 3.58. The fourth-order valence-corrected chi connectivity index (χ4v) is 2.46. The lowest BCUT2D eigenvalue weighted by Crippen LogP contribution is -2.35. The first-order chi connectivity index (χ1) is 9.87. The van der Waals surface area contributed by atoms with Gasteiger partial charge in [-0.1, -0.05) is 13.3 Å². The van der Waals surface area contributed by atoms with Crippen LogP contribution in [0.15, 0.2) is 12.1 Å². The maximum Gasteiger partial charge on any atom is 0.128 e. The van der Waals surface area contributed by atoms with Crippen LogP contribution in [0.5, 0.6) is 0 Å². The minimum Gasteiger partial charge on any atom is -0.359 e. The molecule has 1 aromatic heterocycles. The molecule has 1 heterocycles. The Morgan fingerprint density at radius 1 is 1.29 bits per heavy atom. The number of pyridine rings is 1. The van der Waals surface area contributed by atoms with Crippen molar-refractivity contribution in [1.29, 1.82) is 0 Å². The smallest absolute Gasteiger partial charge is 0.128 e. The second-order valence-corrected chi connectivity index (χ2v) is 7.50. The molecule has 0 aliphatic heterocycles. The van der Waals surface area contributed by atoms with E-state index < -0.39 is 0 Å². The van der Waals surface area contributed by atoms with Crippen molar-refractivity contribution in [1.82, 2.24) is 10.3 Å². The number of nitrogens with zero attached hydrogens (tertiary/aromatic N) is 2. The van der Waals surface area contributed by atoms with E-state index in [4.69, 9.17) is 4.98 Å². The first-order valence-electron chi connectivity index (χ1n) is 8.33. The van der Waals surface area contributed by atoms with Crippen LogP contribution in [0.2, 0.25) is 0 Å². The molecule has 21 heavy (non-hydrogen) atoms. The highest BCUT2D eigenvalue weighted by Gasteiger charge is 2.23. The molecule has 0 atom stereocenters. The summed E-state index contributed by atoms with van der Waals surface area (Å²) < 4.78 is 0. The van der Waals surface area contributed by atoms with Gasteiger partial charge in [0.05, 0.1) is 0 Å². The summed E-state index contributed by atoms with van der Waals surface area (Å²) in [7, 11) is 2.18. The minimum absolute atomic E-state index is 0.147. The van der Waals surface area contributed by atoms with Crippen molar-refractivity contribution < 1.29 is 0 Å². The Hall–Kier alpha value is -1.09. The fourth-order valence-electron chi connectivity index (χ4n) is 2.46. The maximum atomic E-state index is 4.85. The predicted molar refractivity (Wildman–Crippen MR) is 90.8 cm³/mol. The molecule has 3 nitrogen and oxygen atoms in total. The Morgan fingerprint density at radius 3 is 2.57 bits per heavy atom. The normalized spacial score (nSPS) is 15.3. The molecule has 0 radical (unpaired) electrons. The molecule has 1 aliphatic carbocycles. The molecule has 1 fully saturated rings. The number of hydrogen-bond acceptors (Lipinski definition) is 3. The van der Waals surface area contributed by atoms with Crippen molar-refractivity contribution in [2.24, 2.45) is 5.92 Å². The Morgan fingerprint density at radius 2 is 2.00 bits per heavy atom. The van der Waals surface area contributed by atoms with Crippen LogP contribution < -0.4 is 10.2 Å². The molecule has 118 valence electrons. The lowest BCUT2D eigenvalue weighted by Gasteiger charge is -2.23. The van der Waals surface area contributed by atoms with E-state index in [1.54, 1.807) is 0 Å². The molecule has 0 amide bonds. The van der Waals surface area contributed by atoms with E-state index in [2.05, 4.69) is 57.1 Å². The van der Waals surface area contributed by atoms with Crippen LogP contribution in [0.3, 0.4) is 0 Å². The monoisotopic (exact) mass is 289 g/mol. The fraction of sp³-hybridized carbons (Fsp3) is 0.722. The molecule has 0 saturated heterocycles. The summed E-state index contributed by atoms with van der Waals surface area (Å²) in [6.07, 6.45) is 4.98. The standard InChI is InChI=1S/C18H31N3/c1-6-7-16-10-15(12-19-18(2,3)4)11-17(20-16)21(5)13-14-8-9-14/h10-11,14,19H,6-9,12-13H2,1-5H3. The Kier molecular flexibility index (Phi) is 5.26. The molecule has 0 spiro atoms. The lowest BCUT2D eigenvalue weighted by atomic mass is 10.1. The molecule has 1 saturated carbocycles. The largest absolute Gasteiger partial charge is 0.359 e. The summed E-state index contributed by atoms with van der Waals surface area (Å²) in [5.74, 6) is 2.03. The summed E-state index contributed by atoms with van der Waals surface area (Å²) >= 11 is 0. The molecule has 2 rings (SSSR count). The van der Waals surface area contributed by atoms with Gasteiger partial charge in [-0.2, -0.15) is 0 Å². The first-order valence-corrected chi connectivity index (χ1v) is 8.33. The van der Waals surface area contributed by atoms with Gasteiger partial charge in [0.25, 0.3) is 0 Å². The van der Waals surface area contributed by atoms with Gasteiger partial charge >= 0.3 is 0 Å². The molecular weight excluding hydrogens is 258 g/mol. The summed E-state index contributed by atoms with van der Waals surface area (Å²) in [6.45, 7) is 10.9. The van der Waals surface area contributed by atoms with Gasteiger partial charge in [0.15, 0.2) is 0 Å². The van der Waals surface area contributed by atoms with Crippen LogP contribution in [0.25, 0.3) is 0 Å². The quantitative estimate of drug-likeness (QED) is 0.828. The van der Waals surface area contributed by atoms with Gasteiger partial charge in [-0.25, -0.2) is 4.98 Å². The molecule has 0 bridgehead atoms. The van der Waals surface area contributed by atoms with Crippen molar-refractivity contribution >= 4 is 5.82 Å².